The zero-order chi connectivity index (χ0) is 17.0. The quantitative estimate of drug-likeness (QED) is 0.505. The highest BCUT2D eigenvalue weighted by Gasteiger charge is 2.43. The van der Waals surface area contributed by atoms with Crippen molar-refractivity contribution in [3.63, 3.8) is 0 Å². The van der Waals surface area contributed by atoms with Gasteiger partial charge in [-0.1, -0.05) is 91.0 Å². The normalized spacial score (nSPS) is 11.0. The summed E-state index contributed by atoms with van der Waals surface area (Å²) in [5.41, 5.74) is 0.512. The van der Waals surface area contributed by atoms with E-state index in [1.165, 1.54) is 0 Å². The van der Waals surface area contributed by atoms with Gasteiger partial charge in [-0.15, -0.1) is 0 Å². The number of carbonyl (C=O) groups excluding carboxylic acids is 2. The molecule has 2 heteroatoms. The van der Waals surface area contributed by atoms with E-state index in [2.05, 4.69) is 0 Å². The average molecular weight is 314 g/mol. The molecule has 0 saturated carbocycles. The molecule has 0 aliphatic rings. The van der Waals surface area contributed by atoms with Crippen LogP contribution in [-0.2, 0) is 5.41 Å². The Balaban J connectivity index is 2.15. The van der Waals surface area contributed by atoms with E-state index < -0.39 is 5.41 Å². The number of hydrogen-bond donors (Lipinski definition) is 0. The van der Waals surface area contributed by atoms with Crippen LogP contribution in [0.5, 0.6) is 0 Å². The predicted molar refractivity (Wildman–Crippen MR) is 95.3 cm³/mol. The highest BCUT2D eigenvalue weighted by Crippen LogP contribution is 2.32. The van der Waals surface area contributed by atoms with Gasteiger partial charge in [0.25, 0.3) is 0 Å². The summed E-state index contributed by atoms with van der Waals surface area (Å²) in [6, 6.07) is 27.2. The first-order valence-electron chi connectivity index (χ1n) is 7.89. The minimum Gasteiger partial charge on any atom is -0.293 e. The SMILES string of the molecule is CC(C(=O)c1ccccc1)(C(=O)c1ccccc1)c1ccccc1. The molecule has 0 saturated heterocycles. The van der Waals surface area contributed by atoms with E-state index in [-0.39, 0.29) is 11.6 Å². The summed E-state index contributed by atoms with van der Waals surface area (Å²) >= 11 is 0. The van der Waals surface area contributed by atoms with Crippen LogP contribution >= 0.6 is 0 Å². The van der Waals surface area contributed by atoms with Crippen molar-refractivity contribution in [1.82, 2.24) is 0 Å². The Hall–Kier alpha value is -3.00. The van der Waals surface area contributed by atoms with Gasteiger partial charge in [0, 0.05) is 11.1 Å². The molecule has 0 amide bonds. The molecule has 0 aromatic heterocycles. The van der Waals surface area contributed by atoms with E-state index in [0.29, 0.717) is 16.7 Å². The molecule has 0 aliphatic carbocycles. The Labute approximate surface area is 141 Å². The third-order valence-electron chi connectivity index (χ3n) is 4.33. The molecular weight excluding hydrogens is 296 g/mol. The third kappa shape index (κ3) is 2.79. The van der Waals surface area contributed by atoms with Gasteiger partial charge in [-0.2, -0.15) is 0 Å². The zero-order valence-corrected chi connectivity index (χ0v) is 13.5. The largest absolute Gasteiger partial charge is 0.293 e. The Bertz CT molecular complexity index is 785. The first kappa shape index (κ1) is 15.9. The monoisotopic (exact) mass is 314 g/mol. The number of hydrogen-bond acceptors (Lipinski definition) is 2. The summed E-state index contributed by atoms with van der Waals surface area (Å²) in [5, 5.41) is 0. The number of benzene rings is 3. The summed E-state index contributed by atoms with van der Waals surface area (Å²) in [5.74, 6) is -0.383. The second kappa shape index (κ2) is 6.63. The maximum Gasteiger partial charge on any atom is 0.180 e. The zero-order valence-electron chi connectivity index (χ0n) is 13.5. The maximum atomic E-state index is 13.3. The van der Waals surface area contributed by atoms with Crippen LogP contribution in [0, 0.1) is 0 Å². The molecule has 0 fully saturated rings. The Kier molecular flexibility index (Phi) is 4.39. The van der Waals surface area contributed by atoms with Gasteiger partial charge in [0.2, 0.25) is 0 Å². The average Bonchev–Trinajstić information content (AvgIpc) is 2.68. The Morgan fingerprint density at radius 1 is 0.583 bits per heavy atom. The smallest absolute Gasteiger partial charge is 0.180 e. The number of carbonyl (C=O) groups is 2. The van der Waals surface area contributed by atoms with E-state index in [4.69, 9.17) is 0 Å². The molecule has 118 valence electrons. The fraction of sp³-hybridized carbons (Fsp3) is 0.0909. The minimum atomic E-state index is -1.26. The van der Waals surface area contributed by atoms with Crippen molar-refractivity contribution in [3.8, 4) is 0 Å². The second-order valence-corrected chi connectivity index (χ2v) is 5.88. The standard InChI is InChI=1S/C22H18O2/c1-22(19-15-9-4-10-16-19,20(23)17-11-5-2-6-12-17)21(24)18-13-7-3-8-14-18/h2-16H,1H3. The lowest BCUT2D eigenvalue weighted by atomic mass is 9.71. The topological polar surface area (TPSA) is 34.1 Å². The van der Waals surface area contributed by atoms with Crippen molar-refractivity contribution in [1.29, 1.82) is 0 Å². The van der Waals surface area contributed by atoms with Crippen LogP contribution in [0.3, 0.4) is 0 Å². The Morgan fingerprint density at radius 3 is 1.29 bits per heavy atom. The maximum absolute atomic E-state index is 13.3. The van der Waals surface area contributed by atoms with Crippen molar-refractivity contribution < 1.29 is 9.59 Å². The molecule has 2 nitrogen and oxygen atoms in total. The van der Waals surface area contributed by atoms with E-state index in [9.17, 15) is 9.59 Å². The first-order chi connectivity index (χ1) is 11.6. The molecule has 3 aromatic rings. The van der Waals surface area contributed by atoms with Crippen LogP contribution in [0.25, 0.3) is 0 Å². The van der Waals surface area contributed by atoms with Crippen molar-refractivity contribution >= 4 is 11.6 Å². The lowest BCUT2D eigenvalue weighted by molar-refractivity contribution is 0.0778. The number of rotatable bonds is 5. The summed E-state index contributed by atoms with van der Waals surface area (Å²) in [6.07, 6.45) is 0. The molecule has 0 bridgehead atoms. The molecule has 0 unspecified atom stereocenters. The molecule has 0 spiro atoms. The van der Waals surface area contributed by atoms with Crippen LogP contribution in [0.15, 0.2) is 91.0 Å². The summed E-state index contributed by atoms with van der Waals surface area (Å²) in [4.78, 5) is 26.5. The van der Waals surface area contributed by atoms with Crippen LogP contribution in [0.4, 0.5) is 0 Å². The Morgan fingerprint density at radius 2 is 0.917 bits per heavy atom. The predicted octanol–water partition coefficient (Wildman–Crippen LogP) is 4.71. The van der Waals surface area contributed by atoms with E-state index >= 15 is 0 Å². The fourth-order valence-corrected chi connectivity index (χ4v) is 2.89. The van der Waals surface area contributed by atoms with Crippen molar-refractivity contribution in [2.75, 3.05) is 0 Å². The third-order valence-corrected chi connectivity index (χ3v) is 4.33. The summed E-state index contributed by atoms with van der Waals surface area (Å²) in [7, 11) is 0. The molecule has 0 atom stereocenters. The molecule has 0 heterocycles. The van der Waals surface area contributed by atoms with Crippen LogP contribution in [0.1, 0.15) is 33.2 Å². The lowest BCUT2D eigenvalue weighted by Crippen LogP contribution is -2.41. The van der Waals surface area contributed by atoms with E-state index in [0.717, 1.165) is 0 Å². The van der Waals surface area contributed by atoms with Gasteiger partial charge < -0.3 is 0 Å². The molecule has 3 rings (SSSR count). The van der Waals surface area contributed by atoms with Crippen LogP contribution < -0.4 is 0 Å². The molecular formula is C22H18O2. The molecule has 0 N–H and O–H groups in total. The van der Waals surface area contributed by atoms with Gasteiger partial charge in [-0.05, 0) is 12.5 Å². The van der Waals surface area contributed by atoms with Gasteiger partial charge in [-0.25, -0.2) is 0 Å². The van der Waals surface area contributed by atoms with Gasteiger partial charge in [0.15, 0.2) is 11.6 Å². The highest BCUT2D eigenvalue weighted by molar-refractivity contribution is 6.23. The van der Waals surface area contributed by atoms with Gasteiger partial charge in [-0.3, -0.25) is 9.59 Å². The fourth-order valence-electron chi connectivity index (χ4n) is 2.89. The number of Topliss-reactive ketones (excluding diaryl/α,β-unsaturated/α-hetero) is 2. The second-order valence-electron chi connectivity index (χ2n) is 5.88. The summed E-state index contributed by atoms with van der Waals surface area (Å²) in [6.45, 7) is 1.72. The van der Waals surface area contributed by atoms with Crippen LogP contribution in [0.2, 0.25) is 0 Å². The van der Waals surface area contributed by atoms with Gasteiger partial charge >= 0.3 is 0 Å². The molecule has 3 aromatic carbocycles. The van der Waals surface area contributed by atoms with Crippen molar-refractivity contribution in [3.05, 3.63) is 108 Å². The molecule has 0 radical (unpaired) electrons. The molecule has 0 aliphatic heterocycles. The van der Waals surface area contributed by atoms with Crippen molar-refractivity contribution in [2.24, 2.45) is 0 Å². The lowest BCUT2D eigenvalue weighted by Gasteiger charge is -2.27. The van der Waals surface area contributed by atoms with Gasteiger partial charge in [0.1, 0.15) is 5.41 Å². The van der Waals surface area contributed by atoms with E-state index in [1.807, 2.05) is 66.7 Å². The van der Waals surface area contributed by atoms with Crippen LogP contribution in [-0.4, -0.2) is 11.6 Å². The molecule has 24 heavy (non-hydrogen) atoms. The highest BCUT2D eigenvalue weighted by atomic mass is 16.2. The van der Waals surface area contributed by atoms with Crippen molar-refractivity contribution in [2.45, 2.75) is 12.3 Å². The minimum absolute atomic E-state index is 0.192. The number of ketones is 2. The summed E-state index contributed by atoms with van der Waals surface area (Å²) < 4.78 is 0. The first-order valence-corrected chi connectivity index (χ1v) is 7.89. The van der Waals surface area contributed by atoms with Gasteiger partial charge in [0.05, 0.1) is 0 Å². The van der Waals surface area contributed by atoms with E-state index in [1.54, 1.807) is 31.2 Å².